The fourth-order valence-electron chi connectivity index (χ4n) is 7.87. The van der Waals surface area contributed by atoms with Crippen LogP contribution in [-0.2, 0) is 28.6 Å². The van der Waals surface area contributed by atoms with Crippen LogP contribution in [0.3, 0.4) is 0 Å². The summed E-state index contributed by atoms with van der Waals surface area (Å²) in [7, 11) is 0. The van der Waals surface area contributed by atoms with Crippen molar-refractivity contribution in [1.82, 2.24) is 0 Å². The van der Waals surface area contributed by atoms with Gasteiger partial charge in [0.15, 0.2) is 6.10 Å². The van der Waals surface area contributed by atoms with Gasteiger partial charge in [-0.15, -0.1) is 0 Å². The number of hydrogen-bond acceptors (Lipinski definition) is 6. The molecule has 0 heterocycles. The van der Waals surface area contributed by atoms with Gasteiger partial charge >= 0.3 is 17.9 Å². The van der Waals surface area contributed by atoms with Crippen molar-refractivity contribution in [3.8, 4) is 0 Å². The topological polar surface area (TPSA) is 78.9 Å². The lowest BCUT2D eigenvalue weighted by atomic mass is 10.0. The number of esters is 3. The van der Waals surface area contributed by atoms with Gasteiger partial charge in [0.1, 0.15) is 13.2 Å². The molecule has 0 aromatic carbocycles. The Balaban J connectivity index is 4.42. The molecular formula is C61H106O6. The van der Waals surface area contributed by atoms with E-state index in [0.717, 1.165) is 96.3 Å². The van der Waals surface area contributed by atoms with Gasteiger partial charge < -0.3 is 14.2 Å². The van der Waals surface area contributed by atoms with Crippen LogP contribution < -0.4 is 0 Å². The van der Waals surface area contributed by atoms with Gasteiger partial charge in [-0.25, -0.2) is 0 Å². The number of carbonyl (C=O) groups is 3. The standard InChI is InChI=1S/C61H106O6/c1-4-7-10-13-16-19-22-25-27-29-30-32-34-37-39-42-45-48-51-54-60(63)66-57-58(67-61(64)55-52-49-46-43-40-35-24-21-18-15-12-9-6-3)56-65-59(62)53-50-47-44-41-38-36-33-31-28-26-23-20-17-14-11-8-5-2/h16-17,19-20,25-28,30,32,37,39,58H,4-15,18,21-24,29,31,33-36,38,40-57H2,1-3H3/b19-16-,20-17-,27-25-,28-26-,32-30-,39-37-/t58-/m0/s1. The van der Waals surface area contributed by atoms with Gasteiger partial charge in [-0.1, -0.05) is 235 Å². The largest absolute Gasteiger partial charge is 0.462 e. The van der Waals surface area contributed by atoms with Crippen molar-refractivity contribution in [3.63, 3.8) is 0 Å². The molecule has 0 unspecified atom stereocenters. The maximum atomic E-state index is 12.8. The van der Waals surface area contributed by atoms with Gasteiger partial charge in [-0.2, -0.15) is 0 Å². The first-order valence-electron chi connectivity index (χ1n) is 28.4. The molecule has 1 atom stereocenters. The number of unbranched alkanes of at least 4 members (excludes halogenated alkanes) is 28. The van der Waals surface area contributed by atoms with E-state index in [1.54, 1.807) is 0 Å². The van der Waals surface area contributed by atoms with Crippen LogP contribution in [0.2, 0.25) is 0 Å². The minimum Gasteiger partial charge on any atom is -0.462 e. The maximum absolute atomic E-state index is 12.8. The molecule has 0 aliphatic carbocycles. The molecule has 6 nitrogen and oxygen atoms in total. The highest BCUT2D eigenvalue weighted by Crippen LogP contribution is 2.15. The fraction of sp³-hybridized carbons (Fsp3) is 0.754. The van der Waals surface area contributed by atoms with E-state index >= 15 is 0 Å². The number of carbonyl (C=O) groups excluding carboxylic acids is 3. The first kappa shape index (κ1) is 63.8. The van der Waals surface area contributed by atoms with Crippen molar-refractivity contribution in [2.45, 2.75) is 284 Å². The van der Waals surface area contributed by atoms with Gasteiger partial charge in [0.2, 0.25) is 0 Å². The summed E-state index contributed by atoms with van der Waals surface area (Å²) in [5, 5.41) is 0. The molecule has 0 fully saturated rings. The third kappa shape index (κ3) is 53.7. The highest BCUT2D eigenvalue weighted by atomic mass is 16.6. The van der Waals surface area contributed by atoms with E-state index in [1.807, 2.05) is 0 Å². The summed E-state index contributed by atoms with van der Waals surface area (Å²) in [5.41, 5.74) is 0. The van der Waals surface area contributed by atoms with E-state index in [2.05, 4.69) is 93.7 Å². The molecule has 0 bridgehead atoms. The zero-order chi connectivity index (χ0) is 48.6. The smallest absolute Gasteiger partial charge is 0.306 e. The lowest BCUT2D eigenvalue weighted by Gasteiger charge is -2.18. The number of hydrogen-bond donors (Lipinski definition) is 0. The van der Waals surface area contributed by atoms with Crippen molar-refractivity contribution in [1.29, 1.82) is 0 Å². The molecule has 67 heavy (non-hydrogen) atoms. The van der Waals surface area contributed by atoms with Crippen LogP contribution in [0.5, 0.6) is 0 Å². The molecule has 386 valence electrons. The Morgan fingerprint density at radius 2 is 0.537 bits per heavy atom. The Hall–Kier alpha value is -3.15. The molecule has 6 heteroatoms. The second kappa shape index (κ2) is 55.4. The van der Waals surface area contributed by atoms with Crippen LogP contribution in [0.15, 0.2) is 72.9 Å². The van der Waals surface area contributed by atoms with Crippen LogP contribution in [-0.4, -0.2) is 37.2 Å². The third-order valence-electron chi connectivity index (χ3n) is 12.2. The summed E-state index contributed by atoms with van der Waals surface area (Å²) in [6.45, 7) is 6.57. The Bertz CT molecular complexity index is 1260. The molecule has 0 aliphatic heterocycles. The Kier molecular flexibility index (Phi) is 52.8. The van der Waals surface area contributed by atoms with Gasteiger partial charge in [0, 0.05) is 19.3 Å². The molecule has 0 amide bonds. The molecule has 0 radical (unpaired) electrons. The summed E-state index contributed by atoms with van der Waals surface area (Å²) in [6, 6.07) is 0. The van der Waals surface area contributed by atoms with Crippen molar-refractivity contribution in [2.24, 2.45) is 0 Å². The summed E-state index contributed by atoms with van der Waals surface area (Å²) in [5.74, 6) is -0.919. The van der Waals surface area contributed by atoms with Crippen LogP contribution in [0.4, 0.5) is 0 Å². The van der Waals surface area contributed by atoms with Crippen molar-refractivity contribution < 1.29 is 28.6 Å². The fourth-order valence-corrected chi connectivity index (χ4v) is 7.87. The van der Waals surface area contributed by atoms with Crippen LogP contribution >= 0.6 is 0 Å². The third-order valence-corrected chi connectivity index (χ3v) is 12.2. The second-order valence-electron chi connectivity index (χ2n) is 18.8. The first-order chi connectivity index (χ1) is 33.0. The van der Waals surface area contributed by atoms with Gasteiger partial charge in [-0.3, -0.25) is 14.4 Å². The molecule has 0 saturated heterocycles. The summed E-state index contributed by atoms with van der Waals surface area (Å²) >= 11 is 0. The molecule has 0 spiro atoms. The Morgan fingerprint density at radius 1 is 0.299 bits per heavy atom. The van der Waals surface area contributed by atoms with Crippen molar-refractivity contribution >= 4 is 17.9 Å². The van der Waals surface area contributed by atoms with E-state index in [4.69, 9.17) is 14.2 Å². The van der Waals surface area contributed by atoms with E-state index < -0.39 is 6.10 Å². The lowest BCUT2D eigenvalue weighted by Crippen LogP contribution is -2.30. The maximum Gasteiger partial charge on any atom is 0.306 e. The minimum atomic E-state index is -0.790. The molecule has 0 rings (SSSR count). The molecule has 0 aromatic rings. The highest BCUT2D eigenvalue weighted by molar-refractivity contribution is 5.71. The SMILES string of the molecule is CCCCC/C=C\C/C=C\C/C=C\C/C=C\CCCCCC(=O)OC[C@H](COC(=O)CCCCCCCCC/C=C\C/C=C\CCCCC)OC(=O)CCCCCCCCCCCCCCC. The molecule has 0 aliphatic rings. The van der Waals surface area contributed by atoms with Gasteiger partial charge in [0.25, 0.3) is 0 Å². The minimum absolute atomic E-state index is 0.0881. The second-order valence-corrected chi connectivity index (χ2v) is 18.8. The van der Waals surface area contributed by atoms with Gasteiger partial charge in [0.05, 0.1) is 0 Å². The van der Waals surface area contributed by atoms with Gasteiger partial charge in [-0.05, 0) is 96.3 Å². The molecule has 0 N–H and O–H groups in total. The molecular weight excluding hydrogens is 829 g/mol. The van der Waals surface area contributed by atoms with E-state index in [1.165, 1.54) is 141 Å². The van der Waals surface area contributed by atoms with E-state index in [-0.39, 0.29) is 31.1 Å². The van der Waals surface area contributed by atoms with E-state index in [9.17, 15) is 14.4 Å². The van der Waals surface area contributed by atoms with Crippen molar-refractivity contribution in [3.05, 3.63) is 72.9 Å². The monoisotopic (exact) mass is 935 g/mol. The Labute approximate surface area is 414 Å². The molecule has 0 saturated carbocycles. The average Bonchev–Trinajstić information content (AvgIpc) is 3.33. The summed E-state index contributed by atoms with van der Waals surface area (Å²) in [6.07, 6.45) is 70.2. The number of rotatable bonds is 51. The lowest BCUT2D eigenvalue weighted by molar-refractivity contribution is -0.167. The Morgan fingerprint density at radius 3 is 0.881 bits per heavy atom. The predicted octanol–water partition coefficient (Wildman–Crippen LogP) is 19.0. The zero-order valence-corrected chi connectivity index (χ0v) is 44.2. The van der Waals surface area contributed by atoms with Crippen LogP contribution in [0.1, 0.15) is 278 Å². The highest BCUT2D eigenvalue weighted by Gasteiger charge is 2.19. The van der Waals surface area contributed by atoms with Crippen LogP contribution in [0, 0.1) is 0 Å². The predicted molar refractivity (Wildman–Crippen MR) is 288 cm³/mol. The van der Waals surface area contributed by atoms with E-state index in [0.29, 0.717) is 19.3 Å². The number of ether oxygens (including phenoxy) is 3. The zero-order valence-electron chi connectivity index (χ0n) is 44.2. The summed E-state index contributed by atoms with van der Waals surface area (Å²) < 4.78 is 16.8. The summed E-state index contributed by atoms with van der Waals surface area (Å²) in [4.78, 5) is 38.1. The normalized spacial score (nSPS) is 12.6. The average molecular weight is 936 g/mol. The van der Waals surface area contributed by atoms with Crippen molar-refractivity contribution in [2.75, 3.05) is 13.2 Å². The van der Waals surface area contributed by atoms with Crippen LogP contribution in [0.25, 0.3) is 0 Å². The number of allylic oxidation sites excluding steroid dienone is 12. The quantitative estimate of drug-likeness (QED) is 0.0262. The first-order valence-corrected chi connectivity index (χ1v) is 28.4. The molecule has 0 aromatic heterocycles.